The van der Waals surface area contributed by atoms with Crippen molar-refractivity contribution in [3.63, 3.8) is 0 Å². The molecule has 0 atom stereocenters. The van der Waals surface area contributed by atoms with Crippen LogP contribution >= 0.6 is 0 Å². The first kappa shape index (κ1) is 23.4. The van der Waals surface area contributed by atoms with E-state index in [1.54, 1.807) is 24.4 Å². The second-order valence-electron chi connectivity index (χ2n) is 8.58. The average molecular weight is 456 g/mol. The first-order valence-electron chi connectivity index (χ1n) is 11.7. The van der Waals surface area contributed by atoms with E-state index in [4.69, 9.17) is 0 Å². The third-order valence-electron chi connectivity index (χ3n) is 6.19. The molecule has 7 heteroatoms. The molecule has 7 nitrogen and oxygen atoms in total. The number of aromatic nitrogens is 2. The molecule has 1 fully saturated rings. The number of benzene rings is 1. The van der Waals surface area contributed by atoms with Gasteiger partial charge in [-0.25, -0.2) is 0 Å². The monoisotopic (exact) mass is 455 g/mol. The molecule has 0 saturated carbocycles. The molecule has 3 heterocycles. The van der Waals surface area contributed by atoms with E-state index < -0.39 is 0 Å². The number of ketones is 1. The van der Waals surface area contributed by atoms with E-state index >= 15 is 0 Å². The van der Waals surface area contributed by atoms with Crippen LogP contribution in [-0.4, -0.2) is 52.3 Å². The Morgan fingerprint density at radius 2 is 1.91 bits per heavy atom. The predicted octanol–water partition coefficient (Wildman–Crippen LogP) is 4.02. The molecule has 1 aliphatic heterocycles. The third-order valence-corrected chi connectivity index (χ3v) is 6.19. The number of rotatable bonds is 7. The van der Waals surface area contributed by atoms with Crippen LogP contribution in [0.25, 0.3) is 22.8 Å². The number of likely N-dealkylation sites (N-methyl/N-ethyl adjacent to an activating group) is 1. The number of pyridine rings is 1. The van der Waals surface area contributed by atoms with Crippen molar-refractivity contribution < 1.29 is 9.59 Å². The normalized spacial score (nSPS) is 14.4. The Balaban J connectivity index is 1.80. The molecule has 34 heavy (non-hydrogen) atoms. The number of fused-ring (bicyclic) bond motifs is 1. The molecular weight excluding hydrogens is 426 g/mol. The lowest BCUT2D eigenvalue weighted by atomic mass is 10.1. The van der Waals surface area contributed by atoms with Crippen LogP contribution in [0.15, 0.2) is 42.6 Å². The molecule has 0 aliphatic carbocycles. The van der Waals surface area contributed by atoms with E-state index in [2.05, 4.69) is 21.3 Å². The summed E-state index contributed by atoms with van der Waals surface area (Å²) in [6.07, 6.45) is 8.36. The molecule has 1 aromatic carbocycles. The minimum Gasteiger partial charge on any atom is -0.353 e. The zero-order chi connectivity index (χ0) is 24.1. The molecule has 0 unspecified atom stereocenters. The number of carbonyl (C=O) groups excluding carboxylic acids is 2. The van der Waals surface area contributed by atoms with Crippen LogP contribution in [0.4, 0.5) is 0 Å². The smallest absolute Gasteiger partial charge is 0.243 e. The van der Waals surface area contributed by atoms with Gasteiger partial charge in [-0.05, 0) is 81.7 Å². The first-order chi connectivity index (χ1) is 16.5. The van der Waals surface area contributed by atoms with Gasteiger partial charge in [-0.1, -0.05) is 6.42 Å². The van der Waals surface area contributed by atoms with Crippen molar-refractivity contribution in [2.24, 2.45) is 0 Å². The van der Waals surface area contributed by atoms with Gasteiger partial charge in [0.05, 0.1) is 34.8 Å². The van der Waals surface area contributed by atoms with Gasteiger partial charge in [-0.2, -0.15) is 5.26 Å². The quantitative estimate of drug-likeness (QED) is 0.429. The lowest BCUT2D eigenvalue weighted by molar-refractivity contribution is -0.116. The fourth-order valence-corrected chi connectivity index (χ4v) is 4.54. The number of nitrogens with one attached hydrogen (secondary N) is 1. The summed E-state index contributed by atoms with van der Waals surface area (Å²) in [6, 6.07) is 11.4. The van der Waals surface area contributed by atoms with Crippen LogP contribution in [0.3, 0.4) is 0 Å². The van der Waals surface area contributed by atoms with E-state index in [1.165, 1.54) is 12.5 Å². The van der Waals surface area contributed by atoms with Crippen LogP contribution in [0.1, 0.15) is 53.4 Å². The van der Waals surface area contributed by atoms with Crippen molar-refractivity contribution in [1.82, 2.24) is 19.8 Å². The number of amides is 1. The highest BCUT2D eigenvalue weighted by molar-refractivity contribution is 6.09. The van der Waals surface area contributed by atoms with Gasteiger partial charge in [0.2, 0.25) is 5.91 Å². The van der Waals surface area contributed by atoms with Gasteiger partial charge in [0.1, 0.15) is 0 Å². The van der Waals surface area contributed by atoms with Crippen molar-refractivity contribution in [3.05, 3.63) is 65.0 Å². The average Bonchev–Trinajstić information content (AvgIpc) is 3.14. The fraction of sp³-hybridized carbons (Fsp3) is 0.333. The van der Waals surface area contributed by atoms with Crippen LogP contribution < -0.4 is 5.32 Å². The zero-order valence-electron chi connectivity index (χ0n) is 19.7. The Labute approximate surface area is 199 Å². The standard InChI is InChI=1S/C27H29N5O2/c1-3-29-25(34)12-9-21-15-23-27(30-17-21)26(24(33)18-31-13-5-4-6-14-31)19(2)32(23)22-10-7-20(16-28)8-11-22/h7-12,15,17H,3-6,13-14,18H2,1-2H3,(H,29,34)/b12-9+. The Bertz CT molecular complexity index is 1280. The molecule has 0 bridgehead atoms. The molecule has 0 spiro atoms. The number of nitrogens with zero attached hydrogens (tertiary/aromatic N) is 4. The van der Waals surface area contributed by atoms with Gasteiger partial charge < -0.3 is 9.88 Å². The summed E-state index contributed by atoms with van der Waals surface area (Å²) in [7, 11) is 0. The maximum absolute atomic E-state index is 13.5. The van der Waals surface area contributed by atoms with E-state index in [0.717, 1.165) is 48.4 Å². The molecule has 2 aromatic heterocycles. The molecule has 0 radical (unpaired) electrons. The van der Waals surface area contributed by atoms with Crippen LogP contribution in [0.2, 0.25) is 0 Å². The SMILES string of the molecule is CCNC(=O)/C=C/c1cnc2c(C(=O)CN3CCCCC3)c(C)n(-c3ccc(C#N)cc3)c2c1. The lowest BCUT2D eigenvalue weighted by Crippen LogP contribution is -2.34. The summed E-state index contributed by atoms with van der Waals surface area (Å²) >= 11 is 0. The van der Waals surface area contributed by atoms with Crippen molar-refractivity contribution in [2.75, 3.05) is 26.2 Å². The van der Waals surface area contributed by atoms with Crippen LogP contribution in [0, 0.1) is 18.3 Å². The summed E-state index contributed by atoms with van der Waals surface area (Å²) in [4.78, 5) is 32.2. The number of hydrogen-bond donors (Lipinski definition) is 1. The van der Waals surface area contributed by atoms with Gasteiger partial charge >= 0.3 is 0 Å². The Morgan fingerprint density at radius 3 is 2.59 bits per heavy atom. The molecule has 1 aliphatic rings. The minimum atomic E-state index is -0.168. The predicted molar refractivity (Wildman–Crippen MR) is 133 cm³/mol. The van der Waals surface area contributed by atoms with Crippen molar-refractivity contribution in [1.29, 1.82) is 5.26 Å². The summed E-state index contributed by atoms with van der Waals surface area (Å²) < 4.78 is 2.01. The number of Topliss-reactive ketones (excluding diaryl/α,β-unsaturated/α-hetero) is 1. The third kappa shape index (κ3) is 4.92. The van der Waals surface area contributed by atoms with E-state index in [9.17, 15) is 14.9 Å². The highest BCUT2D eigenvalue weighted by Gasteiger charge is 2.24. The minimum absolute atomic E-state index is 0.0647. The summed E-state index contributed by atoms with van der Waals surface area (Å²) in [5, 5.41) is 11.9. The maximum Gasteiger partial charge on any atom is 0.243 e. The van der Waals surface area contributed by atoms with E-state index in [-0.39, 0.29) is 11.7 Å². The van der Waals surface area contributed by atoms with E-state index in [0.29, 0.717) is 29.7 Å². The molecule has 4 rings (SSSR count). The van der Waals surface area contributed by atoms with Gasteiger partial charge in [-0.15, -0.1) is 0 Å². The Kier molecular flexibility index (Phi) is 7.19. The second-order valence-corrected chi connectivity index (χ2v) is 8.58. The highest BCUT2D eigenvalue weighted by Crippen LogP contribution is 2.30. The van der Waals surface area contributed by atoms with E-state index in [1.807, 2.05) is 36.6 Å². The molecule has 1 N–H and O–H groups in total. The topological polar surface area (TPSA) is 91.0 Å². The van der Waals surface area contributed by atoms with Gasteiger partial charge in [-0.3, -0.25) is 19.5 Å². The number of hydrogen-bond acceptors (Lipinski definition) is 5. The van der Waals surface area contributed by atoms with Gasteiger partial charge in [0.15, 0.2) is 5.78 Å². The molecule has 174 valence electrons. The van der Waals surface area contributed by atoms with Crippen LogP contribution in [0.5, 0.6) is 0 Å². The maximum atomic E-state index is 13.5. The van der Waals surface area contributed by atoms with Crippen molar-refractivity contribution in [3.8, 4) is 11.8 Å². The van der Waals surface area contributed by atoms with Gasteiger partial charge in [0, 0.05) is 30.2 Å². The Morgan fingerprint density at radius 1 is 1.18 bits per heavy atom. The molecule has 3 aromatic rings. The van der Waals surface area contributed by atoms with Crippen molar-refractivity contribution >= 4 is 28.8 Å². The fourth-order valence-electron chi connectivity index (χ4n) is 4.54. The first-order valence-corrected chi connectivity index (χ1v) is 11.7. The van der Waals surface area contributed by atoms with Crippen molar-refractivity contribution in [2.45, 2.75) is 33.1 Å². The van der Waals surface area contributed by atoms with Crippen LogP contribution in [-0.2, 0) is 4.79 Å². The molecule has 1 amide bonds. The summed E-state index contributed by atoms with van der Waals surface area (Å²) in [5.74, 6) is -0.103. The Hall–Kier alpha value is -3.76. The lowest BCUT2D eigenvalue weighted by Gasteiger charge is -2.25. The number of likely N-dealkylation sites (tertiary alicyclic amines) is 1. The number of piperidine rings is 1. The second kappa shape index (κ2) is 10.4. The summed E-state index contributed by atoms with van der Waals surface area (Å²) in [6.45, 7) is 6.64. The zero-order valence-corrected chi connectivity index (χ0v) is 19.7. The molecule has 1 saturated heterocycles. The number of carbonyl (C=O) groups is 2. The molecular formula is C27H29N5O2. The summed E-state index contributed by atoms with van der Waals surface area (Å²) in [5.41, 5.74) is 5.08. The largest absolute Gasteiger partial charge is 0.353 e. The van der Waals surface area contributed by atoms with Gasteiger partial charge in [0.25, 0.3) is 0 Å². The number of nitriles is 1. The highest BCUT2D eigenvalue weighted by atomic mass is 16.1.